The minimum absolute atomic E-state index is 0.0324. The largest absolute Gasteiger partial charge is 0.435 e. The highest BCUT2D eigenvalue weighted by Gasteiger charge is 2.36. The van der Waals surface area contributed by atoms with Crippen molar-refractivity contribution < 1.29 is 13.2 Å². The van der Waals surface area contributed by atoms with Crippen LogP contribution in [0.15, 0.2) is 18.2 Å². The number of anilines is 1. The Hall–Kier alpha value is -1.72. The molecular formula is C9H8F3N3. The Bertz CT molecular complexity index is 513. The lowest BCUT2D eigenvalue weighted by Crippen LogP contribution is -2.06. The number of nitrogens with zero attached hydrogens (tertiary/aromatic N) is 2. The van der Waals surface area contributed by atoms with E-state index in [9.17, 15) is 13.2 Å². The summed E-state index contributed by atoms with van der Waals surface area (Å²) in [4.78, 5) is 0. The molecule has 1 aromatic heterocycles. The number of nitrogens with two attached hydrogens (primary N) is 1. The standard InChI is InChI=1S/C9H8F3N3/c1-15-7-5(3-2-4-6(7)13)8(14-15)9(10,11)12/h2-4H,13H2,1H3. The van der Waals surface area contributed by atoms with Gasteiger partial charge in [0.05, 0.1) is 11.2 Å². The summed E-state index contributed by atoms with van der Waals surface area (Å²) < 4.78 is 38.8. The molecule has 0 fully saturated rings. The topological polar surface area (TPSA) is 43.8 Å². The normalized spacial score (nSPS) is 12.3. The van der Waals surface area contributed by atoms with Gasteiger partial charge in [-0.05, 0) is 6.07 Å². The number of hydrogen-bond donors (Lipinski definition) is 1. The van der Waals surface area contributed by atoms with Gasteiger partial charge in [0.1, 0.15) is 0 Å². The molecule has 2 rings (SSSR count). The molecule has 80 valence electrons. The summed E-state index contributed by atoms with van der Waals surface area (Å²) in [5.41, 5.74) is 5.29. The number of aryl methyl sites for hydroxylation is 1. The van der Waals surface area contributed by atoms with E-state index in [0.717, 1.165) is 4.68 Å². The Morgan fingerprint density at radius 2 is 2.00 bits per heavy atom. The van der Waals surface area contributed by atoms with Crippen molar-refractivity contribution in [1.29, 1.82) is 0 Å². The Kier molecular flexibility index (Phi) is 1.89. The predicted molar refractivity (Wildman–Crippen MR) is 50.1 cm³/mol. The molecule has 2 N–H and O–H groups in total. The minimum Gasteiger partial charge on any atom is -0.397 e. The van der Waals surface area contributed by atoms with Crippen LogP contribution in [0, 0.1) is 0 Å². The quantitative estimate of drug-likeness (QED) is 0.684. The highest BCUT2D eigenvalue weighted by atomic mass is 19.4. The van der Waals surface area contributed by atoms with Crippen LogP contribution in [-0.2, 0) is 13.2 Å². The zero-order chi connectivity index (χ0) is 11.2. The van der Waals surface area contributed by atoms with Crippen LogP contribution < -0.4 is 5.73 Å². The second-order valence-electron chi connectivity index (χ2n) is 3.21. The molecule has 3 nitrogen and oxygen atoms in total. The summed E-state index contributed by atoms with van der Waals surface area (Å²) in [7, 11) is 1.44. The molecule has 2 aromatic rings. The van der Waals surface area contributed by atoms with Crippen molar-refractivity contribution in [3.8, 4) is 0 Å². The second kappa shape index (κ2) is 2.88. The van der Waals surface area contributed by atoms with Crippen molar-refractivity contribution in [1.82, 2.24) is 9.78 Å². The van der Waals surface area contributed by atoms with Crippen molar-refractivity contribution in [2.45, 2.75) is 6.18 Å². The van der Waals surface area contributed by atoms with Gasteiger partial charge < -0.3 is 5.73 Å². The molecule has 1 heterocycles. The van der Waals surface area contributed by atoms with E-state index in [1.807, 2.05) is 0 Å². The third-order valence-electron chi connectivity index (χ3n) is 2.16. The number of fused-ring (bicyclic) bond motifs is 1. The van der Waals surface area contributed by atoms with E-state index in [2.05, 4.69) is 5.10 Å². The lowest BCUT2D eigenvalue weighted by atomic mass is 10.2. The summed E-state index contributed by atoms with van der Waals surface area (Å²) in [6.07, 6.45) is -4.45. The summed E-state index contributed by atoms with van der Waals surface area (Å²) in [5, 5.41) is 3.47. The van der Waals surface area contributed by atoms with Crippen LogP contribution in [0.5, 0.6) is 0 Å². The van der Waals surface area contributed by atoms with E-state index in [1.165, 1.54) is 19.2 Å². The van der Waals surface area contributed by atoms with Crippen LogP contribution in [-0.4, -0.2) is 9.78 Å². The molecule has 0 bridgehead atoms. The molecule has 0 aliphatic rings. The van der Waals surface area contributed by atoms with Crippen LogP contribution in [0.2, 0.25) is 0 Å². The van der Waals surface area contributed by atoms with Gasteiger partial charge in [-0.2, -0.15) is 18.3 Å². The summed E-state index contributed by atoms with van der Waals surface area (Å²) in [5.74, 6) is 0. The van der Waals surface area contributed by atoms with Gasteiger partial charge in [0.25, 0.3) is 0 Å². The molecule has 0 atom stereocenters. The molecule has 15 heavy (non-hydrogen) atoms. The van der Waals surface area contributed by atoms with Crippen molar-refractivity contribution in [3.63, 3.8) is 0 Å². The zero-order valence-electron chi connectivity index (χ0n) is 7.84. The zero-order valence-corrected chi connectivity index (χ0v) is 7.84. The molecule has 0 amide bonds. The van der Waals surface area contributed by atoms with Gasteiger partial charge >= 0.3 is 6.18 Å². The van der Waals surface area contributed by atoms with E-state index in [1.54, 1.807) is 6.07 Å². The predicted octanol–water partition coefficient (Wildman–Crippen LogP) is 2.17. The molecule has 0 spiro atoms. The Morgan fingerprint density at radius 3 is 2.60 bits per heavy atom. The second-order valence-corrected chi connectivity index (χ2v) is 3.21. The molecule has 0 aliphatic carbocycles. The third kappa shape index (κ3) is 1.42. The van der Waals surface area contributed by atoms with Gasteiger partial charge in [-0.3, -0.25) is 4.68 Å². The van der Waals surface area contributed by atoms with Crippen molar-refractivity contribution in [3.05, 3.63) is 23.9 Å². The molecule has 6 heteroatoms. The molecule has 0 aliphatic heterocycles. The highest BCUT2D eigenvalue weighted by molar-refractivity contribution is 5.91. The number of para-hydroxylation sites is 1. The fourth-order valence-corrected chi connectivity index (χ4v) is 1.58. The van der Waals surface area contributed by atoms with Crippen LogP contribution in [0.1, 0.15) is 5.69 Å². The molecule has 0 radical (unpaired) electrons. The molecule has 0 unspecified atom stereocenters. The van der Waals surface area contributed by atoms with Crippen molar-refractivity contribution in [2.24, 2.45) is 7.05 Å². The number of alkyl halides is 3. The molecule has 1 aromatic carbocycles. The first-order valence-electron chi connectivity index (χ1n) is 4.19. The smallest absolute Gasteiger partial charge is 0.397 e. The summed E-state index contributed by atoms with van der Waals surface area (Å²) in [6, 6.07) is 4.39. The van der Waals surface area contributed by atoms with Crippen LogP contribution in [0.4, 0.5) is 18.9 Å². The van der Waals surface area contributed by atoms with E-state index >= 15 is 0 Å². The van der Waals surface area contributed by atoms with Gasteiger partial charge in [0.15, 0.2) is 5.69 Å². The Labute approximate surface area is 83.3 Å². The first-order chi connectivity index (χ1) is 6.91. The lowest BCUT2D eigenvalue weighted by Gasteiger charge is -2.01. The van der Waals surface area contributed by atoms with Gasteiger partial charge in [-0.25, -0.2) is 0 Å². The lowest BCUT2D eigenvalue weighted by molar-refractivity contribution is -0.140. The Morgan fingerprint density at radius 1 is 1.33 bits per heavy atom. The van der Waals surface area contributed by atoms with E-state index in [0.29, 0.717) is 5.52 Å². The number of hydrogen-bond acceptors (Lipinski definition) is 2. The molecule has 0 saturated heterocycles. The first-order valence-corrected chi connectivity index (χ1v) is 4.19. The number of benzene rings is 1. The Balaban J connectivity index is 2.85. The number of aromatic nitrogens is 2. The van der Waals surface area contributed by atoms with E-state index in [4.69, 9.17) is 5.73 Å². The highest BCUT2D eigenvalue weighted by Crippen LogP contribution is 2.35. The summed E-state index contributed by atoms with van der Waals surface area (Å²) in [6.45, 7) is 0. The molecule has 0 saturated carbocycles. The SMILES string of the molecule is Cn1nc(C(F)(F)F)c2cccc(N)c21. The number of rotatable bonds is 0. The number of halogens is 3. The molecular weight excluding hydrogens is 207 g/mol. The van der Waals surface area contributed by atoms with E-state index in [-0.39, 0.29) is 11.1 Å². The van der Waals surface area contributed by atoms with Crippen LogP contribution in [0.3, 0.4) is 0 Å². The first kappa shape index (κ1) is 9.82. The monoisotopic (exact) mass is 215 g/mol. The van der Waals surface area contributed by atoms with Gasteiger partial charge in [0, 0.05) is 12.4 Å². The van der Waals surface area contributed by atoms with Gasteiger partial charge in [-0.1, -0.05) is 12.1 Å². The van der Waals surface area contributed by atoms with Crippen LogP contribution >= 0.6 is 0 Å². The fraction of sp³-hybridized carbons (Fsp3) is 0.222. The van der Waals surface area contributed by atoms with Crippen molar-refractivity contribution >= 4 is 16.6 Å². The number of nitrogen functional groups attached to an aromatic ring is 1. The maximum Gasteiger partial charge on any atom is 0.435 e. The average Bonchev–Trinajstić information content (AvgIpc) is 2.44. The maximum absolute atomic E-state index is 12.5. The minimum atomic E-state index is -4.45. The fourth-order valence-electron chi connectivity index (χ4n) is 1.58. The average molecular weight is 215 g/mol. The van der Waals surface area contributed by atoms with E-state index < -0.39 is 11.9 Å². The van der Waals surface area contributed by atoms with Gasteiger partial charge in [0.2, 0.25) is 0 Å². The van der Waals surface area contributed by atoms with Gasteiger partial charge in [-0.15, -0.1) is 0 Å². The summed E-state index contributed by atoms with van der Waals surface area (Å²) >= 11 is 0. The van der Waals surface area contributed by atoms with Crippen molar-refractivity contribution in [2.75, 3.05) is 5.73 Å². The third-order valence-corrected chi connectivity index (χ3v) is 2.16. The van der Waals surface area contributed by atoms with Crippen LogP contribution in [0.25, 0.3) is 10.9 Å². The maximum atomic E-state index is 12.5.